The second-order valence-corrected chi connectivity index (χ2v) is 11.2. The molecular weight excluding hydrogens is 628 g/mol. The first-order valence-electron chi connectivity index (χ1n) is 13.4. The Balaban J connectivity index is 1.22. The first-order valence-corrected chi connectivity index (χ1v) is 14.8. The summed E-state index contributed by atoms with van der Waals surface area (Å²) < 4.78 is 47.9. The van der Waals surface area contributed by atoms with Gasteiger partial charge in [0.25, 0.3) is 0 Å². The maximum atomic E-state index is 12.8. The number of aromatic nitrogens is 3. The summed E-state index contributed by atoms with van der Waals surface area (Å²) in [6, 6.07) is 18.2. The van der Waals surface area contributed by atoms with E-state index in [0.717, 1.165) is 16.7 Å². The molecule has 10 nitrogen and oxygen atoms in total. The molecule has 0 aliphatic carbocycles. The number of halogens is 3. The van der Waals surface area contributed by atoms with Gasteiger partial charge in [0, 0.05) is 11.6 Å². The van der Waals surface area contributed by atoms with E-state index < -0.39 is 6.36 Å². The zero-order chi connectivity index (χ0) is 32.1. The molecule has 0 unspecified atom stereocenters. The second-order valence-electron chi connectivity index (χ2n) is 9.84. The summed E-state index contributed by atoms with van der Waals surface area (Å²) >= 11 is 6.67. The van der Waals surface area contributed by atoms with Gasteiger partial charge < -0.3 is 9.47 Å². The first kappa shape index (κ1) is 31.7. The Kier molecular flexibility index (Phi) is 9.48. The molecule has 1 aliphatic rings. The first-order chi connectivity index (χ1) is 21.5. The van der Waals surface area contributed by atoms with Gasteiger partial charge in [-0.2, -0.15) is 10.1 Å². The number of nitrogens with one attached hydrogen (secondary N) is 1. The van der Waals surface area contributed by atoms with Crippen LogP contribution < -0.4 is 19.8 Å². The molecule has 1 aliphatic heterocycles. The topological polar surface area (TPSA) is 106 Å². The van der Waals surface area contributed by atoms with E-state index in [1.54, 1.807) is 30.4 Å². The lowest BCUT2D eigenvalue weighted by atomic mass is 10.00. The Bertz CT molecular complexity index is 1760. The number of thioether (sulfide) groups is 1. The van der Waals surface area contributed by atoms with Crippen LogP contribution in [0.4, 0.5) is 18.9 Å². The van der Waals surface area contributed by atoms with Gasteiger partial charge in [-0.3, -0.25) is 15.1 Å². The summed E-state index contributed by atoms with van der Waals surface area (Å²) in [5.74, 6) is 1.03. The highest BCUT2D eigenvalue weighted by atomic mass is 32.2. The molecule has 5 rings (SSSR count). The lowest BCUT2D eigenvalue weighted by molar-refractivity contribution is -0.274. The summed E-state index contributed by atoms with van der Waals surface area (Å²) in [4.78, 5) is 23.1. The molecule has 4 aromatic rings. The Hall–Kier alpha value is -4.76. The molecule has 1 amide bonds. The van der Waals surface area contributed by atoms with Crippen molar-refractivity contribution in [1.82, 2.24) is 20.2 Å². The van der Waals surface area contributed by atoms with Crippen molar-refractivity contribution in [2.24, 2.45) is 10.1 Å². The Morgan fingerprint density at radius 1 is 1.09 bits per heavy atom. The van der Waals surface area contributed by atoms with Crippen molar-refractivity contribution >= 4 is 52.1 Å². The highest BCUT2D eigenvalue weighted by Crippen LogP contribution is 2.36. The number of hydrogen-bond donors (Lipinski definition) is 1. The molecule has 2 heterocycles. The lowest BCUT2D eigenvalue weighted by Crippen LogP contribution is -2.31. The monoisotopic (exact) mass is 653 g/mol. The van der Waals surface area contributed by atoms with Gasteiger partial charge in [-0.1, -0.05) is 55.9 Å². The predicted octanol–water partition coefficient (Wildman–Crippen LogP) is 6.31. The summed E-state index contributed by atoms with van der Waals surface area (Å²) in [6.45, 7) is 4.10. The van der Waals surface area contributed by atoms with Gasteiger partial charge in [-0.15, -0.1) is 18.3 Å². The van der Waals surface area contributed by atoms with Gasteiger partial charge in [0.1, 0.15) is 17.8 Å². The fourth-order valence-electron chi connectivity index (χ4n) is 4.33. The van der Waals surface area contributed by atoms with Crippen molar-refractivity contribution < 1.29 is 27.4 Å². The quantitative estimate of drug-likeness (QED) is 0.134. The number of carbonyl (C=O) groups is 1. The van der Waals surface area contributed by atoms with E-state index in [4.69, 9.17) is 17.0 Å². The normalized spacial score (nSPS) is 14.5. The minimum Gasteiger partial charge on any atom is -0.497 e. The van der Waals surface area contributed by atoms with Crippen molar-refractivity contribution in [3.8, 4) is 28.6 Å². The van der Waals surface area contributed by atoms with Crippen molar-refractivity contribution in [2.75, 3.05) is 17.8 Å². The zero-order valence-electron chi connectivity index (χ0n) is 24.1. The summed E-state index contributed by atoms with van der Waals surface area (Å²) in [5.41, 5.74) is 6.41. The van der Waals surface area contributed by atoms with E-state index in [1.165, 1.54) is 47.0 Å². The van der Waals surface area contributed by atoms with Gasteiger partial charge in [-0.25, -0.2) is 9.67 Å². The third-order valence-electron chi connectivity index (χ3n) is 6.43. The number of benzene rings is 3. The van der Waals surface area contributed by atoms with Crippen molar-refractivity contribution in [2.45, 2.75) is 26.1 Å². The Labute approximate surface area is 266 Å². The van der Waals surface area contributed by atoms with Gasteiger partial charge in [0.05, 0.1) is 30.5 Å². The number of anilines is 1. The zero-order valence-corrected chi connectivity index (χ0v) is 25.8. The number of ether oxygens (including phenoxy) is 2. The fourth-order valence-corrected chi connectivity index (χ4v) is 5.39. The highest BCUT2D eigenvalue weighted by Gasteiger charge is 2.33. The van der Waals surface area contributed by atoms with Crippen LogP contribution in [0.1, 0.15) is 30.9 Å². The third kappa shape index (κ3) is 7.85. The molecule has 1 fully saturated rings. The van der Waals surface area contributed by atoms with Crippen LogP contribution in [0, 0.1) is 0 Å². The Morgan fingerprint density at radius 3 is 2.47 bits per heavy atom. The number of alkyl halides is 3. The number of nitrogens with zero attached hydrogens (tertiary/aromatic N) is 6. The molecular formula is C30H26F3N7O3S2. The minimum absolute atomic E-state index is 0.0896. The van der Waals surface area contributed by atoms with E-state index in [2.05, 4.69) is 44.2 Å². The van der Waals surface area contributed by atoms with Crippen LogP contribution in [-0.2, 0) is 4.79 Å². The standard InChI is InChI=1S/C30H26F3N7O3S2/c1-18(2)24-13-12-23(42-3)14-25(24)40-26(41)16-45-29(40)36-28(44)37-35-15-19-4-6-20(7-5-19)27-34-17-39(38-27)21-8-10-22(11-9-21)43-30(31,32)33/h4-15,17-18H,16H2,1-3H3,(H,37,44)/b35-15+,36-29-. The van der Waals surface area contributed by atoms with Crippen LogP contribution >= 0.6 is 24.0 Å². The van der Waals surface area contributed by atoms with Crippen LogP contribution in [0.3, 0.4) is 0 Å². The number of carbonyl (C=O) groups excluding carboxylic acids is 1. The maximum absolute atomic E-state index is 12.8. The average Bonchev–Trinajstić information content (AvgIpc) is 3.64. The number of hydrogen-bond acceptors (Lipinski definition) is 8. The van der Waals surface area contributed by atoms with Gasteiger partial charge in [-0.05, 0) is 59.6 Å². The van der Waals surface area contributed by atoms with Crippen LogP contribution in [-0.4, -0.2) is 56.4 Å². The summed E-state index contributed by atoms with van der Waals surface area (Å²) in [5, 5.41) is 9.12. The van der Waals surface area contributed by atoms with E-state index in [0.29, 0.717) is 28.1 Å². The molecule has 0 spiro atoms. The second kappa shape index (κ2) is 13.5. The molecule has 1 N–H and O–H groups in total. The maximum Gasteiger partial charge on any atom is 0.573 e. The number of amidine groups is 1. The van der Waals surface area contributed by atoms with E-state index in [9.17, 15) is 18.0 Å². The lowest BCUT2D eigenvalue weighted by Gasteiger charge is -2.22. The molecule has 1 aromatic heterocycles. The number of hydrazone groups is 1. The number of rotatable bonds is 8. The largest absolute Gasteiger partial charge is 0.573 e. The minimum atomic E-state index is -4.76. The average molecular weight is 654 g/mol. The molecule has 0 radical (unpaired) electrons. The third-order valence-corrected chi connectivity index (χ3v) is 7.54. The number of methoxy groups -OCH3 is 1. The molecule has 0 bridgehead atoms. The number of aliphatic imine (C=N–C) groups is 1. The SMILES string of the molecule is COc1ccc(C(C)C)c(N2C(=O)CS/C2=N\C(=S)N/N=C/c2ccc(-c3ncn(-c4ccc(OC(F)(F)F)cc4)n3)cc2)c1. The van der Waals surface area contributed by atoms with Crippen LogP contribution in [0.2, 0.25) is 0 Å². The van der Waals surface area contributed by atoms with Crippen molar-refractivity contribution in [3.63, 3.8) is 0 Å². The predicted molar refractivity (Wildman–Crippen MR) is 171 cm³/mol. The molecule has 0 saturated carbocycles. The van der Waals surface area contributed by atoms with Crippen LogP contribution in [0.15, 0.2) is 83.2 Å². The fraction of sp³-hybridized carbons (Fsp3) is 0.200. The van der Waals surface area contributed by atoms with Gasteiger partial charge in [0.2, 0.25) is 11.0 Å². The Morgan fingerprint density at radius 2 is 1.80 bits per heavy atom. The highest BCUT2D eigenvalue weighted by molar-refractivity contribution is 8.15. The smallest absolute Gasteiger partial charge is 0.497 e. The molecule has 15 heteroatoms. The number of thiocarbonyl (C=S) groups is 1. The van der Waals surface area contributed by atoms with Crippen LogP contribution in [0.25, 0.3) is 17.1 Å². The van der Waals surface area contributed by atoms with E-state index in [-0.39, 0.29) is 28.4 Å². The van der Waals surface area contributed by atoms with Crippen LogP contribution in [0.5, 0.6) is 11.5 Å². The molecule has 45 heavy (non-hydrogen) atoms. The van der Waals surface area contributed by atoms with E-state index >= 15 is 0 Å². The molecule has 1 saturated heterocycles. The summed E-state index contributed by atoms with van der Waals surface area (Å²) in [7, 11) is 1.57. The van der Waals surface area contributed by atoms with Gasteiger partial charge in [0.15, 0.2) is 11.0 Å². The molecule has 0 atom stereocenters. The summed E-state index contributed by atoms with van der Waals surface area (Å²) in [6.07, 6.45) is -1.73. The van der Waals surface area contributed by atoms with E-state index in [1.807, 2.05) is 30.3 Å². The number of amides is 1. The molecule has 232 valence electrons. The molecule has 3 aromatic carbocycles. The van der Waals surface area contributed by atoms with Gasteiger partial charge >= 0.3 is 6.36 Å². The van der Waals surface area contributed by atoms with Crippen molar-refractivity contribution in [3.05, 3.63) is 84.2 Å². The van der Waals surface area contributed by atoms with Crippen molar-refractivity contribution in [1.29, 1.82) is 0 Å².